The Kier molecular flexibility index (Phi) is 4.57. The van der Waals surface area contributed by atoms with Gasteiger partial charge in [-0.25, -0.2) is 4.98 Å². The Balaban J connectivity index is 2.29. The van der Waals surface area contributed by atoms with E-state index in [1.54, 1.807) is 0 Å². The topological polar surface area (TPSA) is 34.1 Å². The molecule has 1 aromatic heterocycles. The van der Waals surface area contributed by atoms with Crippen molar-refractivity contribution in [3.8, 4) is 0 Å². The Morgan fingerprint density at radius 2 is 1.85 bits per heavy atom. The van der Waals surface area contributed by atoms with Gasteiger partial charge in [0.15, 0.2) is 0 Å². The quantitative estimate of drug-likeness (QED) is 0.905. The molecule has 1 heterocycles. The molecule has 0 radical (unpaired) electrons. The molecule has 0 saturated heterocycles. The van der Waals surface area contributed by atoms with Crippen molar-refractivity contribution >= 4 is 11.3 Å². The molecule has 1 N–H and O–H groups in total. The lowest BCUT2D eigenvalue weighted by Crippen LogP contribution is -2.36. The molecule has 4 heteroatoms. The molecule has 20 heavy (non-hydrogen) atoms. The molecule has 1 aliphatic rings. The molecule has 1 saturated carbocycles. The molecule has 0 amide bonds. The fraction of sp³-hybridized carbons (Fsp3) is 0.812. The summed E-state index contributed by atoms with van der Waals surface area (Å²) < 4.78 is 5.97. The molecule has 0 spiro atoms. The Hall–Kier alpha value is -0.450. The van der Waals surface area contributed by atoms with Crippen molar-refractivity contribution < 1.29 is 4.74 Å². The van der Waals surface area contributed by atoms with Crippen LogP contribution in [0.2, 0.25) is 0 Å². The molecule has 2 rings (SSSR count). The summed E-state index contributed by atoms with van der Waals surface area (Å²) in [5.74, 6) is 0. The number of thiazole rings is 1. The number of aryl methyl sites for hydroxylation is 1. The van der Waals surface area contributed by atoms with Crippen molar-refractivity contribution in [1.82, 2.24) is 10.3 Å². The fourth-order valence-corrected chi connectivity index (χ4v) is 4.32. The lowest BCUT2D eigenvalue weighted by Gasteiger charge is -2.41. The van der Waals surface area contributed by atoms with Crippen molar-refractivity contribution in [2.45, 2.75) is 65.0 Å². The van der Waals surface area contributed by atoms with Crippen LogP contribution in [0.1, 0.15) is 68.1 Å². The first-order chi connectivity index (χ1) is 9.33. The van der Waals surface area contributed by atoms with Crippen LogP contribution in [-0.4, -0.2) is 19.1 Å². The normalized spacial score (nSPS) is 22.7. The number of rotatable bonds is 4. The first-order valence-corrected chi connectivity index (χ1v) is 8.35. The van der Waals surface area contributed by atoms with Crippen LogP contribution in [-0.2, 0) is 10.3 Å². The lowest BCUT2D eigenvalue weighted by molar-refractivity contribution is -0.0668. The number of nitrogens with zero attached hydrogens (tertiary/aromatic N) is 1. The van der Waals surface area contributed by atoms with Gasteiger partial charge in [-0.05, 0) is 52.0 Å². The van der Waals surface area contributed by atoms with Crippen molar-refractivity contribution in [2.75, 3.05) is 14.2 Å². The summed E-state index contributed by atoms with van der Waals surface area (Å²) >= 11 is 1.82. The maximum Gasteiger partial charge on any atom is 0.125 e. The van der Waals surface area contributed by atoms with E-state index in [9.17, 15) is 0 Å². The van der Waals surface area contributed by atoms with E-state index in [1.165, 1.54) is 22.7 Å². The second-order valence-electron chi connectivity index (χ2n) is 6.84. The van der Waals surface area contributed by atoms with Crippen molar-refractivity contribution in [1.29, 1.82) is 0 Å². The highest BCUT2D eigenvalue weighted by molar-refractivity contribution is 7.12. The standard InChI is InChI=1S/C16H28N2OS/c1-11(17-5)13-12(2)18-14(20-13)16(19-6)9-7-15(3,4)8-10-16/h11,17H,7-10H2,1-6H3. The van der Waals surface area contributed by atoms with Crippen LogP contribution in [0.5, 0.6) is 0 Å². The highest BCUT2D eigenvalue weighted by atomic mass is 32.1. The molecule has 1 aromatic rings. The van der Waals surface area contributed by atoms with Gasteiger partial charge >= 0.3 is 0 Å². The van der Waals surface area contributed by atoms with Crippen molar-refractivity contribution in [2.24, 2.45) is 5.41 Å². The first-order valence-electron chi connectivity index (χ1n) is 7.54. The predicted octanol–water partition coefficient (Wildman–Crippen LogP) is 4.17. The summed E-state index contributed by atoms with van der Waals surface area (Å²) in [7, 11) is 3.84. The summed E-state index contributed by atoms with van der Waals surface area (Å²) in [6.45, 7) is 9.01. The average molecular weight is 296 g/mol. The molecule has 0 bridgehead atoms. The highest BCUT2D eigenvalue weighted by Crippen LogP contribution is 2.48. The Morgan fingerprint density at radius 1 is 1.25 bits per heavy atom. The van der Waals surface area contributed by atoms with E-state index in [4.69, 9.17) is 9.72 Å². The SMILES string of the molecule is CNC(C)c1sc(C2(OC)CCC(C)(C)CC2)nc1C. The lowest BCUT2D eigenvalue weighted by atomic mass is 9.71. The Morgan fingerprint density at radius 3 is 2.35 bits per heavy atom. The fourth-order valence-electron chi connectivity index (χ4n) is 2.97. The summed E-state index contributed by atoms with van der Waals surface area (Å²) in [6.07, 6.45) is 4.57. The smallest absolute Gasteiger partial charge is 0.125 e. The number of nitrogens with one attached hydrogen (secondary N) is 1. The minimum absolute atomic E-state index is 0.156. The van der Waals surface area contributed by atoms with Gasteiger partial charge in [-0.3, -0.25) is 0 Å². The zero-order valence-electron chi connectivity index (χ0n) is 13.7. The van der Waals surface area contributed by atoms with Crippen LogP contribution >= 0.6 is 11.3 Å². The van der Waals surface area contributed by atoms with E-state index < -0.39 is 0 Å². The maximum atomic E-state index is 5.97. The monoisotopic (exact) mass is 296 g/mol. The summed E-state index contributed by atoms with van der Waals surface area (Å²) in [5.41, 5.74) is 1.43. The number of ether oxygens (including phenoxy) is 1. The molecule has 1 fully saturated rings. The second kappa shape index (κ2) is 5.74. The van der Waals surface area contributed by atoms with Gasteiger partial charge in [0.05, 0.1) is 5.69 Å². The minimum Gasteiger partial charge on any atom is -0.371 e. The molecule has 1 aliphatic carbocycles. The third-order valence-electron chi connectivity index (χ3n) is 4.85. The van der Waals surface area contributed by atoms with E-state index in [0.29, 0.717) is 11.5 Å². The van der Waals surface area contributed by atoms with Crippen LogP contribution in [0.3, 0.4) is 0 Å². The summed E-state index contributed by atoms with van der Waals surface area (Å²) in [4.78, 5) is 6.18. The second-order valence-corrected chi connectivity index (χ2v) is 7.87. The van der Waals surface area contributed by atoms with Gasteiger partial charge in [0.25, 0.3) is 0 Å². The van der Waals surface area contributed by atoms with Crippen LogP contribution < -0.4 is 5.32 Å². The highest BCUT2D eigenvalue weighted by Gasteiger charge is 2.42. The van der Waals surface area contributed by atoms with Gasteiger partial charge in [-0.2, -0.15) is 0 Å². The number of methoxy groups -OCH3 is 1. The maximum absolute atomic E-state index is 5.97. The summed E-state index contributed by atoms with van der Waals surface area (Å²) in [5, 5.41) is 4.48. The molecule has 114 valence electrons. The summed E-state index contributed by atoms with van der Waals surface area (Å²) in [6, 6.07) is 0.357. The van der Waals surface area contributed by atoms with Crippen LogP contribution in [0.15, 0.2) is 0 Å². The van der Waals surface area contributed by atoms with Gasteiger partial charge in [0, 0.05) is 18.0 Å². The Labute approximate surface area is 127 Å². The van der Waals surface area contributed by atoms with Crippen LogP contribution in [0.25, 0.3) is 0 Å². The molecule has 0 aliphatic heterocycles. The number of aromatic nitrogens is 1. The van der Waals surface area contributed by atoms with E-state index in [0.717, 1.165) is 18.5 Å². The molecule has 3 nitrogen and oxygen atoms in total. The average Bonchev–Trinajstić information content (AvgIpc) is 2.81. The van der Waals surface area contributed by atoms with E-state index in [2.05, 4.69) is 33.0 Å². The largest absolute Gasteiger partial charge is 0.371 e. The van der Waals surface area contributed by atoms with Gasteiger partial charge in [-0.1, -0.05) is 13.8 Å². The van der Waals surface area contributed by atoms with Gasteiger partial charge in [0.2, 0.25) is 0 Å². The van der Waals surface area contributed by atoms with Crippen molar-refractivity contribution in [3.63, 3.8) is 0 Å². The molecule has 0 aromatic carbocycles. The van der Waals surface area contributed by atoms with E-state index in [1.807, 2.05) is 25.5 Å². The predicted molar refractivity (Wildman–Crippen MR) is 85.3 cm³/mol. The zero-order chi connectivity index (χ0) is 15.0. The van der Waals surface area contributed by atoms with Crippen molar-refractivity contribution in [3.05, 3.63) is 15.6 Å². The number of hydrogen-bond acceptors (Lipinski definition) is 4. The first kappa shape index (κ1) is 15.9. The zero-order valence-corrected chi connectivity index (χ0v) is 14.5. The molecular weight excluding hydrogens is 268 g/mol. The van der Waals surface area contributed by atoms with E-state index in [-0.39, 0.29) is 5.60 Å². The van der Waals surface area contributed by atoms with Gasteiger partial charge < -0.3 is 10.1 Å². The molecule has 1 atom stereocenters. The van der Waals surface area contributed by atoms with Crippen LogP contribution in [0, 0.1) is 12.3 Å². The Bertz CT molecular complexity index is 457. The van der Waals surface area contributed by atoms with Gasteiger partial charge in [0.1, 0.15) is 10.6 Å². The molecular formula is C16H28N2OS. The third kappa shape index (κ3) is 2.92. The number of hydrogen-bond donors (Lipinski definition) is 1. The van der Waals surface area contributed by atoms with Gasteiger partial charge in [-0.15, -0.1) is 11.3 Å². The van der Waals surface area contributed by atoms with E-state index >= 15 is 0 Å². The van der Waals surface area contributed by atoms with Crippen LogP contribution in [0.4, 0.5) is 0 Å². The third-order valence-corrected chi connectivity index (χ3v) is 6.38. The minimum atomic E-state index is -0.156. The molecule has 1 unspecified atom stereocenters.